The molecule has 0 radical (unpaired) electrons. The highest BCUT2D eigenvalue weighted by molar-refractivity contribution is 6.05. The van der Waals surface area contributed by atoms with E-state index in [4.69, 9.17) is 14.5 Å². The number of amides is 1. The van der Waals surface area contributed by atoms with Gasteiger partial charge in [-0.2, -0.15) is 0 Å². The molecular weight excluding hydrogens is 404 g/mol. The number of para-hydroxylation sites is 1. The molecule has 32 heavy (non-hydrogen) atoms. The number of nitrogens with one attached hydrogen (secondary N) is 1. The summed E-state index contributed by atoms with van der Waals surface area (Å²) in [7, 11) is 1.64. The Morgan fingerprint density at radius 2 is 1.72 bits per heavy atom. The molecule has 0 aliphatic heterocycles. The fourth-order valence-electron chi connectivity index (χ4n) is 3.57. The number of carbonyl (C=O) groups excluding carboxylic acids is 2. The van der Waals surface area contributed by atoms with Gasteiger partial charge in [0.1, 0.15) is 5.75 Å². The summed E-state index contributed by atoms with van der Waals surface area (Å²) in [6.07, 6.45) is 0. The maximum Gasteiger partial charge on any atom is 0.339 e. The van der Waals surface area contributed by atoms with Crippen LogP contribution >= 0.6 is 0 Å². The number of hydrogen-bond acceptors (Lipinski definition) is 5. The highest BCUT2D eigenvalue weighted by Gasteiger charge is 2.17. The number of fused-ring (bicyclic) bond motifs is 2. The molecule has 6 nitrogen and oxygen atoms in total. The van der Waals surface area contributed by atoms with Gasteiger partial charge in [0.25, 0.3) is 5.91 Å². The largest absolute Gasteiger partial charge is 0.497 e. The lowest BCUT2D eigenvalue weighted by molar-refractivity contribution is -0.124. The molecule has 0 aliphatic carbocycles. The second-order valence-corrected chi connectivity index (χ2v) is 7.80. The number of methoxy groups -OCH3 is 1. The van der Waals surface area contributed by atoms with E-state index in [0.717, 1.165) is 22.1 Å². The highest BCUT2D eigenvalue weighted by Crippen LogP contribution is 2.29. The molecule has 0 aliphatic rings. The van der Waals surface area contributed by atoms with Crippen molar-refractivity contribution in [1.82, 2.24) is 10.3 Å². The Bertz CT molecular complexity index is 1310. The number of pyridine rings is 1. The number of esters is 1. The van der Waals surface area contributed by atoms with E-state index in [-0.39, 0.29) is 18.6 Å². The highest BCUT2D eigenvalue weighted by atomic mass is 16.5. The molecular formula is C26H24N2O4. The molecule has 0 spiro atoms. The minimum absolute atomic E-state index is 0.0255. The summed E-state index contributed by atoms with van der Waals surface area (Å²) < 4.78 is 10.6. The Morgan fingerprint density at radius 1 is 0.969 bits per heavy atom. The van der Waals surface area contributed by atoms with E-state index in [0.29, 0.717) is 22.2 Å². The van der Waals surface area contributed by atoms with Gasteiger partial charge in [-0.05, 0) is 55.0 Å². The van der Waals surface area contributed by atoms with Gasteiger partial charge in [-0.3, -0.25) is 4.79 Å². The fraction of sp³-hybridized carbons (Fsp3) is 0.192. The van der Waals surface area contributed by atoms with Gasteiger partial charge in [0.15, 0.2) is 6.61 Å². The summed E-state index contributed by atoms with van der Waals surface area (Å²) in [6.45, 7) is 3.37. The van der Waals surface area contributed by atoms with Crippen molar-refractivity contribution >= 4 is 33.6 Å². The zero-order valence-corrected chi connectivity index (χ0v) is 18.2. The van der Waals surface area contributed by atoms with Crippen LogP contribution in [-0.4, -0.2) is 36.6 Å². The first-order valence-electron chi connectivity index (χ1n) is 10.4. The second kappa shape index (κ2) is 9.06. The average Bonchev–Trinajstić information content (AvgIpc) is 2.80. The molecule has 6 heteroatoms. The van der Waals surface area contributed by atoms with Gasteiger partial charge in [0.05, 0.1) is 23.9 Å². The topological polar surface area (TPSA) is 77.5 Å². The van der Waals surface area contributed by atoms with Crippen molar-refractivity contribution in [2.24, 2.45) is 0 Å². The van der Waals surface area contributed by atoms with Gasteiger partial charge in [0, 0.05) is 17.0 Å². The van der Waals surface area contributed by atoms with E-state index in [1.54, 1.807) is 13.2 Å². The Balaban J connectivity index is 1.71. The SMILES string of the molecule is COc1ccc2cc(-c3cc(C(=O)OCC(=O)NC(C)C)c4ccccc4n3)ccc2c1. The third-order valence-corrected chi connectivity index (χ3v) is 5.06. The standard InChI is InChI=1S/C26H24N2O4/c1-16(2)27-25(29)15-32-26(30)22-14-24(28-23-7-5-4-6-21(22)23)19-9-8-18-13-20(31-3)11-10-17(18)12-19/h4-14,16H,15H2,1-3H3,(H,27,29). The van der Waals surface area contributed by atoms with Crippen molar-refractivity contribution in [3.05, 3.63) is 72.3 Å². The first-order valence-corrected chi connectivity index (χ1v) is 10.4. The van der Waals surface area contributed by atoms with Crippen LogP contribution in [0.2, 0.25) is 0 Å². The van der Waals surface area contributed by atoms with E-state index >= 15 is 0 Å². The normalized spacial score (nSPS) is 11.0. The third-order valence-electron chi connectivity index (χ3n) is 5.06. The monoisotopic (exact) mass is 428 g/mol. The summed E-state index contributed by atoms with van der Waals surface area (Å²) >= 11 is 0. The fourth-order valence-corrected chi connectivity index (χ4v) is 3.57. The van der Waals surface area contributed by atoms with E-state index in [2.05, 4.69) is 5.32 Å². The van der Waals surface area contributed by atoms with Crippen LogP contribution in [0.25, 0.3) is 32.9 Å². The van der Waals surface area contributed by atoms with Gasteiger partial charge in [0.2, 0.25) is 0 Å². The summed E-state index contributed by atoms with van der Waals surface area (Å²) in [4.78, 5) is 29.5. The Hall–Kier alpha value is -3.93. The van der Waals surface area contributed by atoms with Gasteiger partial charge >= 0.3 is 5.97 Å². The van der Waals surface area contributed by atoms with Crippen LogP contribution in [-0.2, 0) is 9.53 Å². The average molecular weight is 428 g/mol. The molecule has 0 bridgehead atoms. The Labute approximate surface area is 186 Å². The minimum atomic E-state index is -0.561. The van der Waals surface area contributed by atoms with Crippen molar-refractivity contribution in [1.29, 1.82) is 0 Å². The van der Waals surface area contributed by atoms with E-state index in [9.17, 15) is 9.59 Å². The van der Waals surface area contributed by atoms with Crippen molar-refractivity contribution in [3.8, 4) is 17.0 Å². The van der Waals surface area contributed by atoms with Crippen molar-refractivity contribution in [2.45, 2.75) is 19.9 Å². The van der Waals surface area contributed by atoms with Crippen LogP contribution < -0.4 is 10.1 Å². The second-order valence-electron chi connectivity index (χ2n) is 7.80. The molecule has 1 heterocycles. The molecule has 0 fully saturated rings. The van der Waals surface area contributed by atoms with Crippen molar-refractivity contribution in [2.75, 3.05) is 13.7 Å². The van der Waals surface area contributed by atoms with Crippen LogP contribution in [0.4, 0.5) is 0 Å². The predicted octanol–water partition coefficient (Wildman–Crippen LogP) is 4.75. The molecule has 0 atom stereocenters. The predicted molar refractivity (Wildman–Crippen MR) is 125 cm³/mol. The molecule has 1 amide bonds. The maximum atomic E-state index is 12.9. The first-order chi connectivity index (χ1) is 15.4. The molecule has 4 aromatic rings. The lowest BCUT2D eigenvalue weighted by atomic mass is 10.0. The van der Waals surface area contributed by atoms with Crippen LogP contribution in [0.3, 0.4) is 0 Å². The smallest absolute Gasteiger partial charge is 0.339 e. The number of aromatic nitrogens is 1. The number of carbonyl (C=O) groups is 2. The Morgan fingerprint density at radius 3 is 2.50 bits per heavy atom. The molecule has 3 aromatic carbocycles. The number of nitrogens with zero attached hydrogens (tertiary/aromatic N) is 1. The van der Waals surface area contributed by atoms with Gasteiger partial charge < -0.3 is 14.8 Å². The lowest BCUT2D eigenvalue weighted by Gasteiger charge is -2.12. The molecule has 1 aromatic heterocycles. The molecule has 0 unspecified atom stereocenters. The Kier molecular flexibility index (Phi) is 6.03. The van der Waals surface area contributed by atoms with Gasteiger partial charge in [-0.1, -0.05) is 36.4 Å². The van der Waals surface area contributed by atoms with E-state index < -0.39 is 5.97 Å². The molecule has 162 valence electrons. The van der Waals surface area contributed by atoms with Crippen LogP contribution in [0.5, 0.6) is 5.75 Å². The van der Waals surface area contributed by atoms with Crippen LogP contribution in [0, 0.1) is 0 Å². The van der Waals surface area contributed by atoms with E-state index in [1.807, 2.05) is 74.5 Å². The summed E-state index contributed by atoms with van der Waals surface area (Å²) in [5.41, 5.74) is 2.58. The number of rotatable bonds is 6. The van der Waals surface area contributed by atoms with Crippen LogP contribution in [0.15, 0.2) is 66.7 Å². The van der Waals surface area contributed by atoms with E-state index in [1.165, 1.54) is 0 Å². The minimum Gasteiger partial charge on any atom is -0.497 e. The zero-order valence-electron chi connectivity index (χ0n) is 18.2. The van der Waals surface area contributed by atoms with Crippen molar-refractivity contribution < 1.29 is 19.1 Å². The number of hydrogen-bond donors (Lipinski definition) is 1. The molecule has 0 saturated heterocycles. The van der Waals surface area contributed by atoms with Gasteiger partial charge in [-0.15, -0.1) is 0 Å². The molecule has 1 N–H and O–H groups in total. The molecule has 0 saturated carbocycles. The van der Waals surface area contributed by atoms with Gasteiger partial charge in [-0.25, -0.2) is 9.78 Å². The number of benzene rings is 3. The third kappa shape index (κ3) is 4.54. The summed E-state index contributed by atoms with van der Waals surface area (Å²) in [5.74, 6) is -0.105. The maximum absolute atomic E-state index is 12.9. The molecule has 4 rings (SSSR count). The summed E-state index contributed by atoms with van der Waals surface area (Å²) in [5, 5.41) is 5.47. The lowest BCUT2D eigenvalue weighted by Crippen LogP contribution is -2.34. The van der Waals surface area contributed by atoms with Crippen LogP contribution in [0.1, 0.15) is 24.2 Å². The quantitative estimate of drug-likeness (QED) is 0.449. The zero-order chi connectivity index (χ0) is 22.7. The number of ether oxygens (including phenoxy) is 2. The van der Waals surface area contributed by atoms with Crippen molar-refractivity contribution in [3.63, 3.8) is 0 Å². The summed E-state index contributed by atoms with van der Waals surface area (Å²) in [6, 6.07) is 20.9. The first kappa shape index (κ1) is 21.3.